The van der Waals surface area contributed by atoms with Gasteiger partial charge < -0.3 is 10.8 Å². The van der Waals surface area contributed by atoms with Crippen molar-refractivity contribution in [1.29, 1.82) is 0 Å². The summed E-state index contributed by atoms with van der Waals surface area (Å²) >= 11 is 0. The number of nitrogens with two attached hydrogens (primary N) is 1. The van der Waals surface area contributed by atoms with Crippen molar-refractivity contribution in [2.24, 2.45) is 0 Å². The van der Waals surface area contributed by atoms with Crippen molar-refractivity contribution in [3.05, 3.63) is 29.8 Å². The summed E-state index contributed by atoms with van der Waals surface area (Å²) in [7, 11) is 0. The molecule has 0 amide bonds. The molecule has 0 spiro atoms. The van der Waals surface area contributed by atoms with E-state index in [9.17, 15) is 4.79 Å². The van der Waals surface area contributed by atoms with E-state index in [1.165, 1.54) is 12.1 Å². The van der Waals surface area contributed by atoms with E-state index in [4.69, 9.17) is 10.8 Å². The molecule has 0 aliphatic carbocycles. The van der Waals surface area contributed by atoms with Crippen molar-refractivity contribution >= 4 is 39.0 Å². The predicted molar refractivity (Wildman–Crippen MR) is 46.4 cm³/mol. The van der Waals surface area contributed by atoms with Crippen molar-refractivity contribution < 1.29 is 9.90 Å². The summed E-state index contributed by atoms with van der Waals surface area (Å²) in [5.41, 5.74) is 6.17. The van der Waals surface area contributed by atoms with E-state index in [1.807, 2.05) is 0 Å². The van der Waals surface area contributed by atoms with Crippen LogP contribution in [0.4, 0.5) is 5.69 Å². The summed E-state index contributed by atoms with van der Waals surface area (Å²) in [6.45, 7) is 0. The summed E-state index contributed by atoms with van der Waals surface area (Å²) in [4.78, 5) is 10.3. The molecule has 58 valence electrons. The first-order chi connectivity index (χ1) is 4.70. The number of carboxylic acids is 1. The van der Waals surface area contributed by atoms with Crippen LogP contribution in [0.15, 0.2) is 24.3 Å². The number of hydrogen-bond donors (Lipinski definition) is 2. The maximum absolute atomic E-state index is 10.3. The summed E-state index contributed by atoms with van der Waals surface area (Å²) in [5, 5.41) is 8.43. The first-order valence-electron chi connectivity index (χ1n) is 2.79. The average Bonchev–Trinajstić information content (AvgIpc) is 1.88. The van der Waals surface area contributed by atoms with Gasteiger partial charge in [0.2, 0.25) is 0 Å². The normalized spacial score (nSPS) is 8.36. The van der Waals surface area contributed by atoms with Gasteiger partial charge >= 0.3 is 33.3 Å². The molecule has 0 fully saturated rings. The summed E-state index contributed by atoms with van der Waals surface area (Å²) in [5.74, 6) is -0.931. The number of hydrogen-bond acceptors (Lipinski definition) is 2. The molecular formula is C7H9NO2Pb. The molecule has 0 aromatic heterocycles. The van der Waals surface area contributed by atoms with Crippen molar-refractivity contribution in [2.45, 2.75) is 0 Å². The van der Waals surface area contributed by atoms with Crippen molar-refractivity contribution in [3.8, 4) is 0 Å². The molecular weight excluding hydrogens is 337 g/mol. The van der Waals surface area contributed by atoms with Crippen LogP contribution in [0, 0.1) is 0 Å². The van der Waals surface area contributed by atoms with Gasteiger partial charge in [-0.2, -0.15) is 0 Å². The van der Waals surface area contributed by atoms with Gasteiger partial charge in [0.1, 0.15) is 0 Å². The Labute approximate surface area is 84.4 Å². The molecule has 1 rings (SSSR count). The van der Waals surface area contributed by atoms with E-state index in [1.54, 1.807) is 12.1 Å². The van der Waals surface area contributed by atoms with Crippen LogP contribution in [0.1, 0.15) is 10.4 Å². The molecule has 0 unspecified atom stereocenters. The molecule has 0 heterocycles. The van der Waals surface area contributed by atoms with Gasteiger partial charge in [0.15, 0.2) is 0 Å². The molecule has 4 heteroatoms. The Hall–Kier alpha value is -0.588. The minimum absolute atomic E-state index is 0. The van der Waals surface area contributed by atoms with E-state index in [0.717, 1.165) is 0 Å². The van der Waals surface area contributed by atoms with Crippen LogP contribution < -0.4 is 5.73 Å². The zero-order chi connectivity index (χ0) is 7.56. The van der Waals surface area contributed by atoms with E-state index in [0.29, 0.717) is 5.69 Å². The molecule has 0 aliphatic heterocycles. The van der Waals surface area contributed by atoms with E-state index >= 15 is 0 Å². The fourth-order valence-electron chi connectivity index (χ4n) is 0.626. The molecule has 2 radical (unpaired) electrons. The van der Waals surface area contributed by atoms with Crippen LogP contribution in [0.25, 0.3) is 0 Å². The second-order valence-corrected chi connectivity index (χ2v) is 1.93. The van der Waals surface area contributed by atoms with Crippen molar-refractivity contribution in [2.75, 3.05) is 5.73 Å². The number of benzene rings is 1. The second kappa shape index (κ2) is 4.32. The Kier molecular flexibility index (Phi) is 4.09. The van der Waals surface area contributed by atoms with Crippen LogP contribution in [0.3, 0.4) is 0 Å². The second-order valence-electron chi connectivity index (χ2n) is 1.93. The Morgan fingerprint density at radius 1 is 1.27 bits per heavy atom. The van der Waals surface area contributed by atoms with E-state index in [-0.39, 0.29) is 32.9 Å². The molecule has 1 aromatic rings. The number of carboxylic acid groups (broad SMARTS) is 1. The summed E-state index contributed by atoms with van der Waals surface area (Å²) in [6, 6.07) is 6.06. The Bertz CT molecular complexity index is 245. The van der Waals surface area contributed by atoms with Gasteiger partial charge in [0.25, 0.3) is 0 Å². The first-order valence-corrected chi connectivity index (χ1v) is 2.79. The average molecular weight is 346 g/mol. The van der Waals surface area contributed by atoms with Crippen LogP contribution in [-0.4, -0.2) is 38.4 Å². The SMILES string of the molecule is Nc1ccc(C(=O)O)cc1.[PbH2]. The zero-order valence-electron chi connectivity index (χ0n) is 5.95. The maximum atomic E-state index is 10.3. The summed E-state index contributed by atoms with van der Waals surface area (Å²) < 4.78 is 0. The van der Waals surface area contributed by atoms with Gasteiger partial charge in [0, 0.05) is 5.69 Å². The Balaban J connectivity index is 0.000001000. The first kappa shape index (κ1) is 10.4. The van der Waals surface area contributed by atoms with Crippen LogP contribution in [-0.2, 0) is 0 Å². The van der Waals surface area contributed by atoms with Gasteiger partial charge in [-0.1, -0.05) is 0 Å². The van der Waals surface area contributed by atoms with Gasteiger partial charge in [0.05, 0.1) is 5.56 Å². The zero-order valence-corrected chi connectivity index (χ0v) is 11.4. The number of carbonyl (C=O) groups is 1. The standard InChI is InChI=1S/C7H7NO2.Pb.2H/c8-6-3-1-5(2-4-6)7(9)10;;;/h1-4H,8H2,(H,9,10);;;. The quantitative estimate of drug-likeness (QED) is 0.558. The molecule has 11 heavy (non-hydrogen) atoms. The molecule has 3 nitrogen and oxygen atoms in total. The topological polar surface area (TPSA) is 63.3 Å². The van der Waals surface area contributed by atoms with Gasteiger partial charge in [-0.3, -0.25) is 0 Å². The molecule has 0 aliphatic rings. The van der Waals surface area contributed by atoms with Crippen molar-refractivity contribution in [3.63, 3.8) is 0 Å². The fourth-order valence-corrected chi connectivity index (χ4v) is 0.626. The number of rotatable bonds is 1. The van der Waals surface area contributed by atoms with Gasteiger partial charge in [-0.15, -0.1) is 0 Å². The number of aromatic carboxylic acids is 1. The Morgan fingerprint density at radius 3 is 2.09 bits per heavy atom. The van der Waals surface area contributed by atoms with Gasteiger partial charge in [-0.25, -0.2) is 4.79 Å². The van der Waals surface area contributed by atoms with Crippen LogP contribution in [0.2, 0.25) is 0 Å². The third-order valence-corrected chi connectivity index (χ3v) is 1.16. The molecule has 0 atom stereocenters. The third kappa shape index (κ3) is 2.87. The molecule has 0 bridgehead atoms. The van der Waals surface area contributed by atoms with Crippen molar-refractivity contribution in [1.82, 2.24) is 0 Å². The third-order valence-electron chi connectivity index (χ3n) is 1.16. The van der Waals surface area contributed by atoms with Crippen LogP contribution >= 0.6 is 0 Å². The monoisotopic (exact) mass is 347 g/mol. The molecule has 3 N–H and O–H groups in total. The predicted octanol–water partition coefficient (Wildman–Crippen LogP) is 0.0508. The number of anilines is 1. The molecule has 0 saturated carbocycles. The van der Waals surface area contributed by atoms with Gasteiger partial charge in [-0.05, 0) is 24.3 Å². The molecule has 1 aromatic carbocycles. The Morgan fingerprint density at radius 2 is 1.73 bits per heavy atom. The number of nitrogen functional groups attached to an aromatic ring is 1. The minimum atomic E-state index is -0.931. The molecule has 0 saturated heterocycles. The fraction of sp³-hybridized carbons (Fsp3) is 0. The van der Waals surface area contributed by atoms with E-state index in [2.05, 4.69) is 0 Å². The van der Waals surface area contributed by atoms with E-state index < -0.39 is 5.97 Å². The van der Waals surface area contributed by atoms with Crippen LogP contribution in [0.5, 0.6) is 0 Å². The summed E-state index contributed by atoms with van der Waals surface area (Å²) in [6.07, 6.45) is 0.